The third kappa shape index (κ3) is 4.40. The van der Waals surface area contributed by atoms with Gasteiger partial charge in [-0.25, -0.2) is 0 Å². The van der Waals surface area contributed by atoms with Crippen molar-refractivity contribution in [1.82, 2.24) is 20.4 Å². The topological polar surface area (TPSA) is 77.0 Å². The lowest BCUT2D eigenvalue weighted by Gasteiger charge is -2.41. The van der Waals surface area contributed by atoms with Gasteiger partial charge in [-0.2, -0.15) is 0 Å². The number of nitrogens with zero attached hydrogens (tertiary/aromatic N) is 3. The van der Waals surface area contributed by atoms with E-state index in [1.54, 1.807) is 7.05 Å². The Hall–Kier alpha value is -1.16. The predicted molar refractivity (Wildman–Crippen MR) is 129 cm³/mol. The molecule has 4 aliphatic rings. The van der Waals surface area contributed by atoms with Gasteiger partial charge in [0.15, 0.2) is 5.96 Å². The summed E-state index contributed by atoms with van der Waals surface area (Å²) in [7, 11) is 1.75. The van der Waals surface area contributed by atoms with E-state index < -0.39 is 0 Å². The largest absolute Gasteiger partial charge is 0.355 e. The Bertz CT molecular complexity index is 686. The Labute approximate surface area is 197 Å². The fraction of sp³-hybridized carbons (Fsp3) is 0.773. The number of aliphatic imine (C=N–C) groups is 1. The Morgan fingerprint density at radius 1 is 1.07 bits per heavy atom. The molecule has 30 heavy (non-hydrogen) atoms. The molecule has 4 atom stereocenters. The van der Waals surface area contributed by atoms with Crippen LogP contribution in [0.3, 0.4) is 0 Å². The van der Waals surface area contributed by atoms with Crippen molar-refractivity contribution in [2.24, 2.45) is 28.7 Å². The molecule has 0 spiro atoms. The van der Waals surface area contributed by atoms with Crippen molar-refractivity contribution >= 4 is 41.8 Å². The van der Waals surface area contributed by atoms with Crippen LogP contribution in [-0.4, -0.2) is 72.9 Å². The quantitative estimate of drug-likeness (QED) is 0.181. The molecule has 0 aromatic carbocycles. The molecule has 7 nitrogen and oxygen atoms in total. The van der Waals surface area contributed by atoms with E-state index in [0.717, 1.165) is 32.0 Å². The number of imide groups is 1. The van der Waals surface area contributed by atoms with Gasteiger partial charge in [0, 0.05) is 32.2 Å². The summed E-state index contributed by atoms with van der Waals surface area (Å²) in [6.45, 7) is 8.55. The molecule has 2 N–H and O–H groups in total. The average molecular weight is 529 g/mol. The standard InChI is InChI=1S/C22H35N5O2.HI/c1-22(2,26-10-5-4-6-11-26)14-25-21(23-3)24-9-12-27-19(28)17-15-7-8-16(13-15)18(17)20(27)29;/h7-8,15-18H,4-6,9-14H2,1-3H3,(H2,23,24,25);1H. The minimum absolute atomic E-state index is 0. The summed E-state index contributed by atoms with van der Waals surface area (Å²) in [5, 5.41) is 6.69. The van der Waals surface area contributed by atoms with Crippen LogP contribution in [0.25, 0.3) is 0 Å². The smallest absolute Gasteiger partial charge is 0.233 e. The number of amides is 2. The highest BCUT2D eigenvalue weighted by Crippen LogP contribution is 2.52. The summed E-state index contributed by atoms with van der Waals surface area (Å²) in [4.78, 5) is 33.8. The van der Waals surface area contributed by atoms with Crippen LogP contribution >= 0.6 is 24.0 Å². The summed E-state index contributed by atoms with van der Waals surface area (Å²) >= 11 is 0. The van der Waals surface area contributed by atoms with Crippen LogP contribution in [0, 0.1) is 23.7 Å². The highest BCUT2D eigenvalue weighted by atomic mass is 127. The molecule has 0 radical (unpaired) electrons. The van der Waals surface area contributed by atoms with Crippen molar-refractivity contribution in [3.05, 3.63) is 12.2 Å². The predicted octanol–water partition coefficient (Wildman–Crippen LogP) is 1.84. The Balaban J connectivity index is 0.00000256. The fourth-order valence-electron chi connectivity index (χ4n) is 5.60. The van der Waals surface area contributed by atoms with Crippen molar-refractivity contribution < 1.29 is 9.59 Å². The van der Waals surface area contributed by atoms with Crippen LogP contribution in [-0.2, 0) is 9.59 Å². The molecule has 168 valence electrons. The third-order valence-corrected chi connectivity index (χ3v) is 7.31. The van der Waals surface area contributed by atoms with Crippen LogP contribution in [0.2, 0.25) is 0 Å². The zero-order valence-electron chi connectivity index (χ0n) is 18.4. The van der Waals surface area contributed by atoms with Crippen molar-refractivity contribution in [3.8, 4) is 0 Å². The maximum Gasteiger partial charge on any atom is 0.233 e. The number of likely N-dealkylation sites (tertiary alicyclic amines) is 2. The molecule has 3 fully saturated rings. The number of fused-ring (bicyclic) bond motifs is 5. The van der Waals surface area contributed by atoms with E-state index in [1.807, 2.05) is 0 Å². The summed E-state index contributed by atoms with van der Waals surface area (Å²) in [6, 6.07) is 0. The van der Waals surface area contributed by atoms with E-state index in [0.29, 0.717) is 13.1 Å². The second-order valence-corrected chi connectivity index (χ2v) is 9.54. The highest BCUT2D eigenvalue weighted by molar-refractivity contribution is 14.0. The molecule has 0 aromatic heterocycles. The zero-order chi connectivity index (χ0) is 20.6. The molecule has 2 heterocycles. The van der Waals surface area contributed by atoms with Crippen LogP contribution in [0.5, 0.6) is 0 Å². The van der Waals surface area contributed by atoms with E-state index in [9.17, 15) is 9.59 Å². The van der Waals surface area contributed by atoms with Gasteiger partial charge >= 0.3 is 0 Å². The number of halogens is 1. The first-order valence-corrected chi connectivity index (χ1v) is 11.2. The first kappa shape index (κ1) is 23.5. The molecule has 2 saturated heterocycles. The molecule has 2 aliphatic carbocycles. The Kier molecular flexibility index (Phi) is 7.48. The number of carbonyl (C=O) groups excluding carboxylic acids is 2. The molecular weight excluding hydrogens is 493 g/mol. The van der Waals surface area contributed by atoms with E-state index >= 15 is 0 Å². The number of hydrogen-bond donors (Lipinski definition) is 2. The van der Waals surface area contributed by atoms with E-state index in [-0.39, 0.29) is 65.0 Å². The van der Waals surface area contributed by atoms with Crippen molar-refractivity contribution in [2.45, 2.75) is 45.1 Å². The molecule has 2 amide bonds. The van der Waals surface area contributed by atoms with Gasteiger partial charge in [0.25, 0.3) is 0 Å². The van der Waals surface area contributed by atoms with E-state index in [4.69, 9.17) is 0 Å². The second kappa shape index (κ2) is 9.54. The number of guanidine groups is 1. The monoisotopic (exact) mass is 529 g/mol. The summed E-state index contributed by atoms with van der Waals surface area (Å²) in [6.07, 6.45) is 9.11. The molecular formula is C22H36IN5O2. The first-order valence-electron chi connectivity index (χ1n) is 11.2. The summed E-state index contributed by atoms with van der Waals surface area (Å²) < 4.78 is 0. The number of piperidine rings is 1. The van der Waals surface area contributed by atoms with Gasteiger partial charge in [0.05, 0.1) is 11.8 Å². The fourth-order valence-corrected chi connectivity index (χ4v) is 5.60. The maximum atomic E-state index is 12.8. The van der Waals surface area contributed by atoms with Crippen molar-refractivity contribution in [2.75, 3.05) is 39.8 Å². The summed E-state index contributed by atoms with van der Waals surface area (Å²) in [5.41, 5.74) is 0.0582. The van der Waals surface area contributed by atoms with Crippen LogP contribution in [0.1, 0.15) is 39.5 Å². The van der Waals surface area contributed by atoms with Gasteiger partial charge in [-0.15, -0.1) is 24.0 Å². The van der Waals surface area contributed by atoms with Crippen molar-refractivity contribution in [1.29, 1.82) is 0 Å². The summed E-state index contributed by atoms with van der Waals surface area (Å²) in [5.74, 6) is 1.08. The minimum atomic E-state index is -0.111. The number of hydrogen-bond acceptors (Lipinski definition) is 4. The second-order valence-electron chi connectivity index (χ2n) is 9.54. The normalized spacial score (nSPS) is 31.2. The molecule has 0 aromatic rings. The first-order chi connectivity index (χ1) is 13.9. The van der Waals surface area contributed by atoms with Gasteiger partial charge in [0.2, 0.25) is 11.8 Å². The maximum absolute atomic E-state index is 12.8. The average Bonchev–Trinajstić information content (AvgIpc) is 3.40. The number of rotatable bonds is 6. The lowest BCUT2D eigenvalue weighted by molar-refractivity contribution is -0.140. The van der Waals surface area contributed by atoms with Gasteiger partial charge in [-0.3, -0.25) is 24.4 Å². The highest BCUT2D eigenvalue weighted by Gasteiger charge is 2.58. The van der Waals surface area contributed by atoms with E-state index in [2.05, 4.69) is 46.5 Å². The lowest BCUT2D eigenvalue weighted by Crippen LogP contribution is -2.55. The Morgan fingerprint density at radius 2 is 1.67 bits per heavy atom. The molecule has 2 aliphatic heterocycles. The number of allylic oxidation sites excluding steroid dienone is 2. The molecule has 2 bridgehead atoms. The van der Waals surface area contributed by atoms with Crippen LogP contribution in [0.15, 0.2) is 17.1 Å². The van der Waals surface area contributed by atoms with Crippen LogP contribution in [0.4, 0.5) is 0 Å². The SMILES string of the molecule is CN=C(NCCN1C(=O)C2C3C=CC(C3)C2C1=O)NCC(C)(C)N1CCCCC1.I. The molecule has 4 rings (SSSR count). The number of nitrogens with one attached hydrogen (secondary N) is 2. The van der Waals surface area contributed by atoms with Gasteiger partial charge < -0.3 is 10.6 Å². The molecule has 4 unspecified atom stereocenters. The molecule has 1 saturated carbocycles. The van der Waals surface area contributed by atoms with Gasteiger partial charge in [-0.05, 0) is 58.0 Å². The lowest BCUT2D eigenvalue weighted by atomic mass is 9.85. The van der Waals surface area contributed by atoms with Gasteiger partial charge in [0.1, 0.15) is 0 Å². The third-order valence-electron chi connectivity index (χ3n) is 7.31. The van der Waals surface area contributed by atoms with Crippen molar-refractivity contribution in [3.63, 3.8) is 0 Å². The van der Waals surface area contributed by atoms with Gasteiger partial charge in [-0.1, -0.05) is 18.6 Å². The molecule has 8 heteroatoms. The Morgan fingerprint density at radius 3 is 2.23 bits per heavy atom. The number of carbonyl (C=O) groups is 2. The zero-order valence-corrected chi connectivity index (χ0v) is 20.7. The minimum Gasteiger partial charge on any atom is -0.355 e. The van der Waals surface area contributed by atoms with Crippen LogP contribution < -0.4 is 10.6 Å². The van der Waals surface area contributed by atoms with E-state index in [1.165, 1.54) is 24.2 Å².